The average molecular weight is 370 g/mol. The second kappa shape index (κ2) is 5.99. The summed E-state index contributed by atoms with van der Waals surface area (Å²) in [6.45, 7) is 2.19. The van der Waals surface area contributed by atoms with Crippen molar-refractivity contribution in [2.45, 2.75) is 31.0 Å². The highest BCUT2D eigenvalue weighted by Crippen LogP contribution is 2.52. The summed E-state index contributed by atoms with van der Waals surface area (Å²) < 4.78 is 12.3. The molecule has 0 amide bonds. The molecule has 1 spiro atoms. The lowest BCUT2D eigenvalue weighted by Gasteiger charge is -2.49. The van der Waals surface area contributed by atoms with E-state index in [0.29, 0.717) is 0 Å². The molecule has 0 saturated carbocycles. The first-order chi connectivity index (χ1) is 12.7. The van der Waals surface area contributed by atoms with Crippen molar-refractivity contribution in [1.82, 2.24) is 5.01 Å². The van der Waals surface area contributed by atoms with Gasteiger partial charge in [-0.3, -0.25) is 0 Å². The first-order valence-electron chi connectivity index (χ1n) is 9.28. The van der Waals surface area contributed by atoms with Crippen LogP contribution in [0, 0.1) is 0 Å². The van der Waals surface area contributed by atoms with Crippen LogP contribution in [0.4, 0.5) is 0 Å². The van der Waals surface area contributed by atoms with Gasteiger partial charge in [-0.15, -0.1) is 11.3 Å². The Bertz CT molecular complexity index is 841. The Morgan fingerprint density at radius 3 is 2.85 bits per heavy atom. The normalized spacial score (nSPS) is 29.8. The fraction of sp³-hybridized carbons (Fsp3) is 0.450. The molecule has 1 aromatic carbocycles. The zero-order valence-corrected chi connectivity index (χ0v) is 16.0. The van der Waals surface area contributed by atoms with Gasteiger partial charge in [-0.1, -0.05) is 18.2 Å². The maximum Gasteiger partial charge on any atom is 0.209 e. The van der Waals surface area contributed by atoms with Gasteiger partial charge in [0.05, 0.1) is 56.7 Å². The summed E-state index contributed by atoms with van der Waals surface area (Å²) in [6, 6.07) is 10.7. The van der Waals surface area contributed by atoms with E-state index in [1.165, 1.54) is 16.2 Å². The summed E-state index contributed by atoms with van der Waals surface area (Å²) in [5.74, 6) is 1.75. The minimum Gasteiger partial charge on any atom is -0.493 e. The lowest BCUT2D eigenvalue weighted by atomic mass is 9.91. The Labute approximate surface area is 157 Å². The maximum absolute atomic E-state index is 6.69. The van der Waals surface area contributed by atoms with Crippen LogP contribution in [-0.2, 0) is 0 Å². The quantitative estimate of drug-likeness (QED) is 0.882. The van der Waals surface area contributed by atoms with E-state index in [2.05, 4.69) is 41.7 Å². The minimum atomic E-state index is -0.356. The standard InChI is InChI=1S/C20H23N3O2S/c1-22-10-8-20(9-11-22)23-16(13-15(21-23)18-7-4-12-26-18)14-5-3-6-17(24-2)19(14)25-20/h3-7,12,16H,8-11,13H2,1-2H3/p+1/t16-/m1/s1. The predicted octanol–water partition coefficient (Wildman–Crippen LogP) is 2.30. The number of fused-ring (bicyclic) bond motifs is 4. The van der Waals surface area contributed by atoms with E-state index >= 15 is 0 Å². The molecule has 5 rings (SSSR count). The number of hydrogen-bond acceptors (Lipinski definition) is 5. The smallest absolute Gasteiger partial charge is 0.209 e. The molecule has 5 nitrogen and oxygen atoms in total. The first-order valence-corrected chi connectivity index (χ1v) is 10.2. The lowest BCUT2D eigenvalue weighted by Crippen LogP contribution is -3.11. The lowest BCUT2D eigenvalue weighted by molar-refractivity contribution is -0.888. The zero-order valence-electron chi connectivity index (χ0n) is 15.2. The Hall–Kier alpha value is -2.05. The summed E-state index contributed by atoms with van der Waals surface area (Å²) in [7, 11) is 3.98. The van der Waals surface area contributed by atoms with Gasteiger partial charge in [0.25, 0.3) is 0 Å². The fourth-order valence-electron chi connectivity index (χ4n) is 4.42. The Morgan fingerprint density at radius 1 is 1.27 bits per heavy atom. The molecule has 6 heteroatoms. The molecule has 0 unspecified atom stereocenters. The highest BCUT2D eigenvalue weighted by atomic mass is 32.1. The molecule has 1 N–H and O–H groups in total. The van der Waals surface area contributed by atoms with Crippen LogP contribution in [0.5, 0.6) is 11.5 Å². The number of rotatable bonds is 2. The number of likely N-dealkylation sites (tertiary alicyclic amines) is 1. The third kappa shape index (κ3) is 2.36. The minimum absolute atomic E-state index is 0.226. The Kier molecular flexibility index (Phi) is 3.72. The third-order valence-electron chi connectivity index (χ3n) is 5.90. The van der Waals surface area contributed by atoms with Crippen LogP contribution in [0.1, 0.15) is 35.7 Å². The number of quaternary nitrogens is 1. The number of hydrazone groups is 1. The number of thiophene rings is 1. The van der Waals surface area contributed by atoms with Gasteiger partial charge >= 0.3 is 0 Å². The molecule has 136 valence electrons. The van der Waals surface area contributed by atoms with Crippen LogP contribution in [0.3, 0.4) is 0 Å². The van der Waals surface area contributed by atoms with Crippen molar-refractivity contribution in [2.24, 2.45) is 5.10 Å². The molecule has 3 aliphatic heterocycles. The second-order valence-electron chi connectivity index (χ2n) is 7.47. The molecule has 1 atom stereocenters. The molecule has 1 saturated heterocycles. The van der Waals surface area contributed by atoms with E-state index in [0.717, 1.165) is 43.9 Å². The largest absolute Gasteiger partial charge is 0.493 e. The number of piperidine rings is 1. The zero-order chi connectivity index (χ0) is 17.7. The van der Waals surface area contributed by atoms with Crippen molar-refractivity contribution in [3.8, 4) is 11.5 Å². The van der Waals surface area contributed by atoms with Gasteiger partial charge in [0, 0.05) is 12.0 Å². The van der Waals surface area contributed by atoms with Gasteiger partial charge in [0.1, 0.15) is 0 Å². The van der Waals surface area contributed by atoms with E-state index in [4.69, 9.17) is 14.6 Å². The van der Waals surface area contributed by atoms with Gasteiger partial charge in [0.2, 0.25) is 5.72 Å². The van der Waals surface area contributed by atoms with Crippen molar-refractivity contribution in [1.29, 1.82) is 0 Å². The molecular weight excluding hydrogens is 346 g/mol. The van der Waals surface area contributed by atoms with Crippen LogP contribution >= 0.6 is 11.3 Å². The SMILES string of the molecule is COc1cccc2c1OC1(CC[NH+](C)CC1)N1N=C(c3cccs3)C[C@H]21. The third-order valence-corrected chi connectivity index (χ3v) is 6.82. The van der Waals surface area contributed by atoms with E-state index < -0.39 is 0 Å². The topological polar surface area (TPSA) is 38.5 Å². The summed E-state index contributed by atoms with van der Waals surface area (Å²) in [5.41, 5.74) is 2.01. The maximum atomic E-state index is 6.69. The van der Waals surface area contributed by atoms with Gasteiger partial charge in [0.15, 0.2) is 11.5 Å². The van der Waals surface area contributed by atoms with Crippen molar-refractivity contribution in [2.75, 3.05) is 27.2 Å². The predicted molar refractivity (Wildman–Crippen MR) is 102 cm³/mol. The first kappa shape index (κ1) is 16.1. The number of methoxy groups -OCH3 is 1. The number of benzene rings is 1. The van der Waals surface area contributed by atoms with Crippen molar-refractivity contribution in [3.63, 3.8) is 0 Å². The fourth-order valence-corrected chi connectivity index (χ4v) is 5.14. The molecule has 1 fully saturated rings. The average Bonchev–Trinajstić information content (AvgIpc) is 3.34. The van der Waals surface area contributed by atoms with Crippen LogP contribution in [0.15, 0.2) is 40.8 Å². The Morgan fingerprint density at radius 2 is 2.12 bits per heavy atom. The van der Waals surface area contributed by atoms with Gasteiger partial charge in [-0.2, -0.15) is 5.10 Å². The summed E-state index contributed by atoms with van der Waals surface area (Å²) in [6.07, 6.45) is 2.89. The highest BCUT2D eigenvalue weighted by Gasteiger charge is 2.53. The van der Waals surface area contributed by atoms with E-state index in [-0.39, 0.29) is 11.8 Å². The number of para-hydroxylation sites is 1. The monoisotopic (exact) mass is 370 g/mol. The molecule has 1 aromatic heterocycles. The summed E-state index contributed by atoms with van der Waals surface area (Å²) in [4.78, 5) is 2.82. The van der Waals surface area contributed by atoms with Gasteiger partial charge < -0.3 is 14.4 Å². The molecule has 2 aromatic rings. The summed E-state index contributed by atoms with van der Waals surface area (Å²) in [5, 5.41) is 9.49. The van der Waals surface area contributed by atoms with Crippen LogP contribution in [0.2, 0.25) is 0 Å². The molecular formula is C20H24N3O2S+. The molecule has 0 radical (unpaired) electrons. The van der Waals surface area contributed by atoms with Crippen molar-refractivity contribution < 1.29 is 14.4 Å². The number of nitrogens with one attached hydrogen (secondary N) is 1. The van der Waals surface area contributed by atoms with Gasteiger partial charge in [-0.05, 0) is 17.5 Å². The summed E-state index contributed by atoms with van der Waals surface area (Å²) >= 11 is 1.76. The molecule has 0 bridgehead atoms. The molecule has 0 aliphatic carbocycles. The molecule has 4 heterocycles. The van der Waals surface area contributed by atoms with Crippen LogP contribution in [-0.4, -0.2) is 43.7 Å². The molecule has 3 aliphatic rings. The number of ether oxygens (including phenoxy) is 2. The van der Waals surface area contributed by atoms with Crippen LogP contribution in [0.25, 0.3) is 0 Å². The molecule has 26 heavy (non-hydrogen) atoms. The number of hydrogen-bond donors (Lipinski definition) is 1. The Balaban J connectivity index is 1.62. The van der Waals surface area contributed by atoms with Crippen molar-refractivity contribution in [3.05, 3.63) is 46.2 Å². The van der Waals surface area contributed by atoms with E-state index in [1.807, 2.05) is 6.07 Å². The number of nitrogens with zero attached hydrogens (tertiary/aromatic N) is 2. The van der Waals surface area contributed by atoms with Gasteiger partial charge in [-0.25, -0.2) is 5.01 Å². The second-order valence-corrected chi connectivity index (χ2v) is 8.42. The highest BCUT2D eigenvalue weighted by molar-refractivity contribution is 7.12. The van der Waals surface area contributed by atoms with Crippen molar-refractivity contribution >= 4 is 17.0 Å². The van der Waals surface area contributed by atoms with E-state index in [1.54, 1.807) is 23.3 Å². The van der Waals surface area contributed by atoms with Crippen LogP contribution < -0.4 is 14.4 Å². The van der Waals surface area contributed by atoms with E-state index in [9.17, 15) is 0 Å².